The van der Waals surface area contributed by atoms with Crippen LogP contribution in [0.2, 0.25) is 0 Å². The maximum absolute atomic E-state index is 13.4. The van der Waals surface area contributed by atoms with Crippen LogP contribution in [0.1, 0.15) is 18.4 Å². The fourth-order valence-electron chi connectivity index (χ4n) is 2.51. The van der Waals surface area contributed by atoms with Gasteiger partial charge in [-0.1, -0.05) is 12.1 Å². The van der Waals surface area contributed by atoms with Crippen LogP contribution in [0.3, 0.4) is 0 Å². The maximum atomic E-state index is 13.4. The number of nitrogens with two attached hydrogens (primary N) is 1. The SMILES string of the molecule is NCCNC(=O)C1(c2cccc(F)c2)CCOCC1. The minimum Gasteiger partial charge on any atom is -0.381 e. The van der Waals surface area contributed by atoms with Gasteiger partial charge in [-0.2, -0.15) is 0 Å². The Labute approximate surface area is 112 Å². The van der Waals surface area contributed by atoms with E-state index in [4.69, 9.17) is 10.5 Å². The molecule has 4 nitrogen and oxygen atoms in total. The van der Waals surface area contributed by atoms with Gasteiger partial charge in [0, 0.05) is 26.3 Å². The average molecular weight is 266 g/mol. The molecule has 1 aliphatic rings. The van der Waals surface area contributed by atoms with Crippen LogP contribution in [0.25, 0.3) is 0 Å². The maximum Gasteiger partial charge on any atom is 0.230 e. The average Bonchev–Trinajstić information content (AvgIpc) is 2.45. The molecule has 2 rings (SSSR count). The van der Waals surface area contributed by atoms with Crippen LogP contribution in [-0.2, 0) is 14.9 Å². The number of halogens is 1. The standard InChI is InChI=1S/C14H19FN2O2/c15-12-3-1-2-11(10-12)14(4-8-19-9-5-14)13(18)17-7-6-16/h1-3,10H,4-9,16H2,(H,17,18). The van der Waals surface area contributed by atoms with Crippen LogP contribution in [0.5, 0.6) is 0 Å². The first-order valence-corrected chi connectivity index (χ1v) is 6.51. The van der Waals surface area contributed by atoms with E-state index in [9.17, 15) is 9.18 Å². The van der Waals surface area contributed by atoms with Crippen molar-refractivity contribution < 1.29 is 13.9 Å². The molecule has 1 aromatic carbocycles. The van der Waals surface area contributed by atoms with Crippen molar-refractivity contribution in [3.05, 3.63) is 35.6 Å². The fraction of sp³-hybridized carbons (Fsp3) is 0.500. The molecule has 0 spiro atoms. The topological polar surface area (TPSA) is 64.3 Å². The third-order valence-electron chi connectivity index (χ3n) is 3.59. The van der Waals surface area contributed by atoms with E-state index in [1.165, 1.54) is 12.1 Å². The first kappa shape index (κ1) is 14.0. The summed E-state index contributed by atoms with van der Waals surface area (Å²) in [5.41, 5.74) is 5.43. The van der Waals surface area contributed by atoms with Gasteiger partial charge in [0.15, 0.2) is 0 Å². The molecule has 19 heavy (non-hydrogen) atoms. The largest absolute Gasteiger partial charge is 0.381 e. The molecule has 0 saturated carbocycles. The summed E-state index contributed by atoms with van der Waals surface area (Å²) >= 11 is 0. The van der Waals surface area contributed by atoms with E-state index < -0.39 is 5.41 Å². The van der Waals surface area contributed by atoms with Crippen LogP contribution < -0.4 is 11.1 Å². The molecule has 0 radical (unpaired) electrons. The van der Waals surface area contributed by atoms with E-state index in [1.54, 1.807) is 12.1 Å². The molecule has 3 N–H and O–H groups in total. The van der Waals surface area contributed by atoms with Crippen LogP contribution in [0, 0.1) is 5.82 Å². The number of carbonyl (C=O) groups is 1. The van der Waals surface area contributed by atoms with Crippen molar-refractivity contribution in [3.63, 3.8) is 0 Å². The highest BCUT2D eigenvalue weighted by atomic mass is 19.1. The Hall–Kier alpha value is -1.46. The number of amides is 1. The van der Waals surface area contributed by atoms with Gasteiger partial charge in [0.25, 0.3) is 0 Å². The summed E-state index contributed by atoms with van der Waals surface area (Å²) in [6.07, 6.45) is 1.12. The summed E-state index contributed by atoms with van der Waals surface area (Å²) < 4.78 is 18.8. The van der Waals surface area contributed by atoms with Gasteiger partial charge in [-0.25, -0.2) is 4.39 Å². The van der Waals surface area contributed by atoms with Crippen LogP contribution in [-0.4, -0.2) is 32.2 Å². The third-order valence-corrected chi connectivity index (χ3v) is 3.59. The number of hydrogen-bond donors (Lipinski definition) is 2. The summed E-state index contributed by atoms with van der Waals surface area (Å²) in [4.78, 5) is 12.4. The Morgan fingerprint density at radius 2 is 2.16 bits per heavy atom. The molecular weight excluding hydrogens is 247 g/mol. The molecule has 104 valence electrons. The Morgan fingerprint density at radius 1 is 1.42 bits per heavy atom. The van der Waals surface area contributed by atoms with E-state index in [1.807, 2.05) is 0 Å². The van der Waals surface area contributed by atoms with E-state index >= 15 is 0 Å². The minimum absolute atomic E-state index is 0.0909. The lowest BCUT2D eigenvalue weighted by Crippen LogP contribution is -2.49. The van der Waals surface area contributed by atoms with E-state index in [2.05, 4.69) is 5.32 Å². The molecule has 5 heteroatoms. The first-order valence-electron chi connectivity index (χ1n) is 6.51. The molecule has 0 aromatic heterocycles. The molecule has 1 heterocycles. The predicted molar refractivity (Wildman–Crippen MR) is 70.2 cm³/mol. The summed E-state index contributed by atoms with van der Waals surface area (Å²) in [5.74, 6) is -0.415. The Morgan fingerprint density at radius 3 is 2.79 bits per heavy atom. The third kappa shape index (κ3) is 2.93. The van der Waals surface area contributed by atoms with Gasteiger partial charge in [-0.15, -0.1) is 0 Å². The van der Waals surface area contributed by atoms with Crippen molar-refractivity contribution in [3.8, 4) is 0 Å². The predicted octanol–water partition coefficient (Wildman–Crippen LogP) is 0.949. The summed E-state index contributed by atoms with van der Waals surface area (Å²) in [7, 11) is 0. The normalized spacial score (nSPS) is 18.0. The van der Waals surface area contributed by atoms with Crippen molar-refractivity contribution in [2.45, 2.75) is 18.3 Å². The monoisotopic (exact) mass is 266 g/mol. The Bertz CT molecular complexity index is 445. The molecule has 1 aliphatic heterocycles. The molecule has 1 amide bonds. The van der Waals surface area contributed by atoms with Crippen LogP contribution in [0.4, 0.5) is 4.39 Å². The summed E-state index contributed by atoms with van der Waals surface area (Å²) in [6.45, 7) is 1.83. The number of benzene rings is 1. The first-order chi connectivity index (χ1) is 9.19. The molecule has 0 unspecified atom stereocenters. The molecule has 1 fully saturated rings. The molecule has 1 aromatic rings. The summed E-state index contributed by atoms with van der Waals surface area (Å²) in [6, 6.07) is 6.26. The smallest absolute Gasteiger partial charge is 0.230 e. The second kappa shape index (κ2) is 6.12. The van der Waals surface area contributed by atoms with Crippen molar-refractivity contribution in [1.29, 1.82) is 0 Å². The number of rotatable bonds is 4. The van der Waals surface area contributed by atoms with Crippen molar-refractivity contribution >= 4 is 5.91 Å². The molecule has 1 saturated heterocycles. The molecule has 0 aliphatic carbocycles. The number of hydrogen-bond acceptors (Lipinski definition) is 3. The lowest BCUT2D eigenvalue weighted by atomic mass is 9.73. The zero-order valence-corrected chi connectivity index (χ0v) is 10.8. The van der Waals surface area contributed by atoms with Gasteiger partial charge >= 0.3 is 0 Å². The molecule has 0 bridgehead atoms. The zero-order valence-electron chi connectivity index (χ0n) is 10.8. The van der Waals surface area contributed by atoms with Gasteiger partial charge in [0.05, 0.1) is 5.41 Å². The highest BCUT2D eigenvalue weighted by Crippen LogP contribution is 2.35. The van der Waals surface area contributed by atoms with Gasteiger partial charge in [0.2, 0.25) is 5.91 Å². The van der Waals surface area contributed by atoms with Gasteiger partial charge in [0.1, 0.15) is 5.82 Å². The van der Waals surface area contributed by atoms with E-state index in [-0.39, 0.29) is 11.7 Å². The number of carbonyl (C=O) groups excluding carboxylic acids is 1. The summed E-state index contributed by atoms with van der Waals surface area (Å²) in [5, 5.41) is 2.82. The number of ether oxygens (including phenoxy) is 1. The van der Waals surface area contributed by atoms with Gasteiger partial charge in [-0.05, 0) is 30.5 Å². The van der Waals surface area contributed by atoms with E-state index in [0.29, 0.717) is 44.7 Å². The second-order valence-corrected chi connectivity index (χ2v) is 4.75. The zero-order chi connectivity index (χ0) is 13.7. The second-order valence-electron chi connectivity index (χ2n) is 4.75. The highest BCUT2D eigenvalue weighted by molar-refractivity contribution is 5.88. The van der Waals surface area contributed by atoms with E-state index in [0.717, 1.165) is 0 Å². The van der Waals surface area contributed by atoms with Gasteiger partial charge < -0.3 is 15.8 Å². The fourth-order valence-corrected chi connectivity index (χ4v) is 2.51. The lowest BCUT2D eigenvalue weighted by Gasteiger charge is -2.36. The quantitative estimate of drug-likeness (QED) is 0.852. The number of nitrogens with one attached hydrogen (secondary N) is 1. The van der Waals surface area contributed by atoms with Crippen molar-refractivity contribution in [1.82, 2.24) is 5.32 Å². The van der Waals surface area contributed by atoms with Crippen LogP contribution in [0.15, 0.2) is 24.3 Å². The molecule has 0 atom stereocenters. The van der Waals surface area contributed by atoms with Gasteiger partial charge in [-0.3, -0.25) is 4.79 Å². The Kier molecular flexibility index (Phi) is 4.50. The van der Waals surface area contributed by atoms with Crippen LogP contribution >= 0.6 is 0 Å². The lowest BCUT2D eigenvalue weighted by molar-refractivity contribution is -0.130. The highest BCUT2D eigenvalue weighted by Gasteiger charge is 2.41. The molecular formula is C14H19FN2O2. The minimum atomic E-state index is -0.699. The van der Waals surface area contributed by atoms with Crippen molar-refractivity contribution in [2.75, 3.05) is 26.3 Å². The Balaban J connectivity index is 2.31. The van der Waals surface area contributed by atoms with Crippen molar-refractivity contribution in [2.24, 2.45) is 5.73 Å².